The maximum atomic E-state index is 11.2. The predicted molar refractivity (Wildman–Crippen MR) is 56.3 cm³/mol. The first-order valence-electron chi connectivity index (χ1n) is 4.69. The van der Waals surface area contributed by atoms with Gasteiger partial charge in [-0.15, -0.1) is 0 Å². The number of carboxylic acid groups (broad SMARTS) is 1. The van der Waals surface area contributed by atoms with Crippen molar-refractivity contribution >= 4 is 12.0 Å². The lowest BCUT2D eigenvalue weighted by molar-refractivity contribution is 0.0695. The van der Waals surface area contributed by atoms with Crippen LogP contribution in [-0.4, -0.2) is 36.1 Å². The molecule has 0 radical (unpaired) electrons. The highest BCUT2D eigenvalue weighted by atomic mass is 16.4. The number of hydrogen-bond donors (Lipinski definition) is 2. The first-order valence-corrected chi connectivity index (χ1v) is 4.69. The van der Waals surface area contributed by atoms with Crippen molar-refractivity contribution in [1.29, 1.82) is 0 Å². The highest BCUT2D eigenvalue weighted by Crippen LogP contribution is 2.14. The van der Waals surface area contributed by atoms with Gasteiger partial charge in [-0.25, -0.2) is 9.59 Å². The van der Waals surface area contributed by atoms with Crippen LogP contribution in [0, 0.1) is 6.92 Å². The fourth-order valence-electron chi connectivity index (χ4n) is 1.16. The van der Waals surface area contributed by atoms with Crippen LogP contribution in [0.4, 0.5) is 4.79 Å². The van der Waals surface area contributed by atoms with Gasteiger partial charge < -0.3 is 19.7 Å². The number of rotatable bonds is 3. The third-order valence-corrected chi connectivity index (χ3v) is 2.02. The molecule has 0 aliphatic heterocycles. The zero-order valence-corrected chi connectivity index (χ0v) is 9.40. The van der Waals surface area contributed by atoms with Crippen LogP contribution in [0.25, 0.3) is 0 Å². The van der Waals surface area contributed by atoms with Crippen LogP contribution < -0.4 is 5.32 Å². The molecule has 1 aromatic rings. The summed E-state index contributed by atoms with van der Waals surface area (Å²) >= 11 is 0. The van der Waals surface area contributed by atoms with Gasteiger partial charge in [-0.3, -0.25) is 0 Å². The standard InChI is InChI=1S/C10H14N2O4/c1-6-8(9(13)14)4-7(16-6)5-11-10(15)12(2)3/h4H,5H2,1-3H3,(H,11,15)(H,13,14). The monoisotopic (exact) mass is 226 g/mol. The molecule has 0 fully saturated rings. The second kappa shape index (κ2) is 4.69. The number of nitrogens with zero attached hydrogens (tertiary/aromatic N) is 1. The van der Waals surface area contributed by atoms with Gasteiger partial charge in [0.15, 0.2) is 0 Å². The van der Waals surface area contributed by atoms with E-state index in [0.717, 1.165) is 0 Å². The molecule has 2 N–H and O–H groups in total. The Hall–Kier alpha value is -1.98. The fourth-order valence-corrected chi connectivity index (χ4v) is 1.16. The molecule has 0 atom stereocenters. The van der Waals surface area contributed by atoms with Gasteiger partial charge in [0, 0.05) is 14.1 Å². The number of furan rings is 1. The first kappa shape index (κ1) is 12.1. The van der Waals surface area contributed by atoms with E-state index in [-0.39, 0.29) is 18.1 Å². The summed E-state index contributed by atoms with van der Waals surface area (Å²) in [5.74, 6) is -0.280. The molecule has 0 aromatic carbocycles. The molecule has 1 heterocycles. The van der Waals surface area contributed by atoms with E-state index in [1.165, 1.54) is 11.0 Å². The van der Waals surface area contributed by atoms with Crippen molar-refractivity contribution in [2.24, 2.45) is 0 Å². The summed E-state index contributed by atoms with van der Waals surface area (Å²) in [6.45, 7) is 1.74. The van der Waals surface area contributed by atoms with Crippen molar-refractivity contribution < 1.29 is 19.1 Å². The Labute approximate surface area is 92.8 Å². The second-order valence-electron chi connectivity index (χ2n) is 3.54. The number of carboxylic acids is 1. The maximum absolute atomic E-state index is 11.2. The van der Waals surface area contributed by atoms with Gasteiger partial charge in [0.2, 0.25) is 0 Å². The van der Waals surface area contributed by atoms with E-state index in [9.17, 15) is 9.59 Å². The van der Waals surface area contributed by atoms with Gasteiger partial charge in [0.05, 0.1) is 6.54 Å². The molecule has 0 spiro atoms. The van der Waals surface area contributed by atoms with Gasteiger partial charge in [-0.2, -0.15) is 0 Å². The fraction of sp³-hybridized carbons (Fsp3) is 0.400. The van der Waals surface area contributed by atoms with Gasteiger partial charge in [0.25, 0.3) is 0 Å². The minimum atomic E-state index is -1.04. The van der Waals surface area contributed by atoms with Crippen molar-refractivity contribution in [3.05, 3.63) is 23.2 Å². The molecule has 88 valence electrons. The summed E-state index contributed by atoms with van der Waals surface area (Å²) in [5, 5.41) is 11.4. The normalized spacial score (nSPS) is 9.94. The van der Waals surface area contributed by atoms with Crippen LogP contribution in [0.2, 0.25) is 0 Å². The molecule has 6 heteroatoms. The lowest BCUT2D eigenvalue weighted by atomic mass is 10.2. The van der Waals surface area contributed by atoms with E-state index in [0.29, 0.717) is 11.5 Å². The number of carbonyl (C=O) groups is 2. The lowest BCUT2D eigenvalue weighted by Gasteiger charge is -2.10. The van der Waals surface area contributed by atoms with Crippen LogP contribution in [0.3, 0.4) is 0 Å². The molecule has 6 nitrogen and oxygen atoms in total. The smallest absolute Gasteiger partial charge is 0.339 e. The summed E-state index contributed by atoms with van der Waals surface area (Å²) < 4.78 is 5.19. The maximum Gasteiger partial charge on any atom is 0.339 e. The number of nitrogens with one attached hydrogen (secondary N) is 1. The van der Waals surface area contributed by atoms with Crippen molar-refractivity contribution in [2.45, 2.75) is 13.5 Å². The van der Waals surface area contributed by atoms with Crippen LogP contribution >= 0.6 is 0 Å². The Morgan fingerprint density at radius 3 is 2.56 bits per heavy atom. The Balaban J connectivity index is 2.65. The molecule has 0 unspecified atom stereocenters. The first-order chi connectivity index (χ1) is 7.41. The highest BCUT2D eigenvalue weighted by Gasteiger charge is 2.14. The van der Waals surface area contributed by atoms with Crippen molar-refractivity contribution in [3.63, 3.8) is 0 Å². The van der Waals surface area contributed by atoms with Crippen molar-refractivity contribution in [3.8, 4) is 0 Å². The van der Waals surface area contributed by atoms with Gasteiger partial charge in [-0.1, -0.05) is 0 Å². The van der Waals surface area contributed by atoms with E-state index in [1.54, 1.807) is 21.0 Å². The number of aryl methyl sites for hydroxylation is 1. The summed E-state index contributed by atoms with van der Waals surface area (Å²) in [6.07, 6.45) is 0. The van der Waals surface area contributed by atoms with E-state index in [4.69, 9.17) is 9.52 Å². The van der Waals surface area contributed by atoms with Crippen LogP contribution in [0.1, 0.15) is 21.9 Å². The van der Waals surface area contributed by atoms with Crippen LogP contribution in [0.5, 0.6) is 0 Å². The average Bonchev–Trinajstić information content (AvgIpc) is 2.56. The third-order valence-electron chi connectivity index (χ3n) is 2.02. The molecular formula is C10H14N2O4. The van der Waals surface area contributed by atoms with E-state index in [2.05, 4.69) is 5.32 Å². The zero-order chi connectivity index (χ0) is 12.3. The van der Waals surface area contributed by atoms with Gasteiger partial charge in [-0.05, 0) is 13.0 Å². The SMILES string of the molecule is Cc1oc(CNC(=O)N(C)C)cc1C(=O)O. The third kappa shape index (κ3) is 2.75. The quantitative estimate of drug-likeness (QED) is 0.807. The second-order valence-corrected chi connectivity index (χ2v) is 3.54. The van der Waals surface area contributed by atoms with E-state index >= 15 is 0 Å². The zero-order valence-electron chi connectivity index (χ0n) is 9.40. The number of urea groups is 1. The largest absolute Gasteiger partial charge is 0.478 e. The summed E-state index contributed by atoms with van der Waals surface area (Å²) in [6, 6.07) is 1.15. The molecule has 0 aliphatic rings. The Kier molecular flexibility index (Phi) is 3.55. The molecule has 1 aromatic heterocycles. The van der Waals surface area contributed by atoms with Gasteiger partial charge >= 0.3 is 12.0 Å². The molecule has 2 amide bonds. The van der Waals surface area contributed by atoms with Crippen molar-refractivity contribution in [2.75, 3.05) is 14.1 Å². The van der Waals surface area contributed by atoms with Crippen LogP contribution in [0.15, 0.2) is 10.5 Å². The summed E-state index contributed by atoms with van der Waals surface area (Å²) in [4.78, 5) is 23.3. The number of carbonyl (C=O) groups excluding carboxylic acids is 1. The average molecular weight is 226 g/mol. The topological polar surface area (TPSA) is 82.8 Å². The summed E-state index contributed by atoms with van der Waals surface area (Å²) in [5.41, 5.74) is 0.120. The molecule has 1 rings (SSSR count). The van der Waals surface area contributed by atoms with E-state index in [1.807, 2.05) is 0 Å². The molecule has 16 heavy (non-hydrogen) atoms. The molecule has 0 aliphatic carbocycles. The lowest BCUT2D eigenvalue weighted by Crippen LogP contribution is -2.33. The highest BCUT2D eigenvalue weighted by molar-refractivity contribution is 5.88. The number of amides is 2. The van der Waals surface area contributed by atoms with Gasteiger partial charge in [0.1, 0.15) is 17.1 Å². The Morgan fingerprint density at radius 1 is 1.50 bits per heavy atom. The van der Waals surface area contributed by atoms with E-state index < -0.39 is 5.97 Å². The van der Waals surface area contributed by atoms with Crippen molar-refractivity contribution in [1.82, 2.24) is 10.2 Å². The molecule has 0 saturated heterocycles. The Morgan fingerprint density at radius 2 is 2.12 bits per heavy atom. The molecular weight excluding hydrogens is 212 g/mol. The number of aromatic carboxylic acids is 1. The minimum absolute atomic E-state index is 0.120. The Bertz CT molecular complexity index is 409. The molecule has 0 saturated carbocycles. The van der Waals surface area contributed by atoms with Crippen LogP contribution in [-0.2, 0) is 6.54 Å². The summed E-state index contributed by atoms with van der Waals surface area (Å²) in [7, 11) is 3.23. The predicted octanol–water partition coefficient (Wildman–Crippen LogP) is 1.06. The molecule has 0 bridgehead atoms. The minimum Gasteiger partial charge on any atom is -0.478 e. The number of hydrogen-bond acceptors (Lipinski definition) is 3.